The average Bonchev–Trinajstić information content (AvgIpc) is 2.69. The molecule has 3 rings (SSSR count). The van der Waals surface area contributed by atoms with Gasteiger partial charge in [-0.05, 0) is 58.0 Å². The Bertz CT molecular complexity index is 907. The van der Waals surface area contributed by atoms with Crippen molar-refractivity contribution in [1.82, 2.24) is 14.5 Å². The van der Waals surface area contributed by atoms with Crippen molar-refractivity contribution in [3.8, 4) is 6.07 Å². The van der Waals surface area contributed by atoms with Crippen LogP contribution >= 0.6 is 0 Å². The maximum Gasteiger partial charge on any atom is 0.410 e. The van der Waals surface area contributed by atoms with E-state index in [1.54, 1.807) is 4.90 Å². The van der Waals surface area contributed by atoms with Crippen LogP contribution < -0.4 is 4.72 Å². The second kappa shape index (κ2) is 9.53. The third kappa shape index (κ3) is 6.64. The zero-order valence-corrected chi connectivity index (χ0v) is 19.0. The summed E-state index contributed by atoms with van der Waals surface area (Å²) >= 11 is 0. The van der Waals surface area contributed by atoms with E-state index in [4.69, 9.17) is 14.7 Å². The molecular formula is C21H30N4O5S. The van der Waals surface area contributed by atoms with Crippen LogP contribution in [0.15, 0.2) is 29.2 Å². The number of hydrogen-bond donors (Lipinski definition) is 1. The van der Waals surface area contributed by atoms with Crippen molar-refractivity contribution in [3.05, 3.63) is 29.8 Å². The van der Waals surface area contributed by atoms with E-state index in [9.17, 15) is 13.2 Å². The van der Waals surface area contributed by atoms with Crippen molar-refractivity contribution in [3.63, 3.8) is 0 Å². The topological polar surface area (TPSA) is 112 Å². The Hall–Kier alpha value is -2.19. The average molecular weight is 451 g/mol. The summed E-state index contributed by atoms with van der Waals surface area (Å²) in [5.41, 5.74) is -0.108. The number of rotatable bonds is 6. The summed E-state index contributed by atoms with van der Waals surface area (Å²) < 4.78 is 38.8. The van der Waals surface area contributed by atoms with E-state index in [0.29, 0.717) is 44.7 Å². The number of morpholine rings is 2. The van der Waals surface area contributed by atoms with E-state index in [1.807, 2.05) is 26.8 Å². The molecule has 0 spiro atoms. The fraction of sp³-hybridized carbons (Fsp3) is 0.619. The monoisotopic (exact) mass is 450 g/mol. The molecule has 2 unspecified atom stereocenters. The number of nitrogens with one attached hydrogen (secondary N) is 1. The molecule has 1 amide bonds. The Morgan fingerprint density at radius 1 is 1.19 bits per heavy atom. The van der Waals surface area contributed by atoms with Crippen LogP contribution in [-0.4, -0.2) is 81.4 Å². The molecule has 0 aliphatic carbocycles. The van der Waals surface area contributed by atoms with Gasteiger partial charge in [0.15, 0.2) is 0 Å². The van der Waals surface area contributed by atoms with Gasteiger partial charge in [0.2, 0.25) is 10.0 Å². The second-order valence-electron chi connectivity index (χ2n) is 8.91. The van der Waals surface area contributed by atoms with Crippen LogP contribution in [0.25, 0.3) is 0 Å². The van der Waals surface area contributed by atoms with Crippen LogP contribution in [0.4, 0.5) is 4.79 Å². The zero-order valence-electron chi connectivity index (χ0n) is 18.2. The van der Waals surface area contributed by atoms with Gasteiger partial charge in [0.25, 0.3) is 0 Å². The summed E-state index contributed by atoms with van der Waals surface area (Å²) in [5, 5.41) is 8.82. The highest BCUT2D eigenvalue weighted by molar-refractivity contribution is 7.89. The first-order valence-corrected chi connectivity index (χ1v) is 11.9. The minimum absolute atomic E-state index is 0.0737. The normalized spacial score (nSPS) is 22.1. The molecule has 2 bridgehead atoms. The maximum absolute atomic E-state index is 12.4. The number of nitriles is 1. The number of ether oxygens (including phenoxy) is 2. The number of sulfonamides is 1. The highest BCUT2D eigenvalue weighted by Crippen LogP contribution is 2.21. The standard InChI is InChI=1S/C21H30N4O5S/c1-21(2,3)30-20(26)25-14-17-12-24(13-18(15-25)29-17)10-4-9-23-31(27,28)19-7-5-16(11-22)6-8-19/h5-8,17-18,23H,4,9-10,12-15H2,1-3H3. The van der Waals surface area contributed by atoms with Crippen molar-refractivity contribution in [2.45, 2.75) is 49.9 Å². The van der Waals surface area contributed by atoms with Crippen LogP contribution in [-0.2, 0) is 19.5 Å². The largest absolute Gasteiger partial charge is 0.444 e. The smallest absolute Gasteiger partial charge is 0.410 e. The number of benzene rings is 1. The molecule has 9 nitrogen and oxygen atoms in total. The molecule has 170 valence electrons. The first-order valence-electron chi connectivity index (χ1n) is 10.4. The number of amides is 1. The Morgan fingerprint density at radius 3 is 2.35 bits per heavy atom. The minimum Gasteiger partial charge on any atom is -0.444 e. The van der Waals surface area contributed by atoms with E-state index in [-0.39, 0.29) is 23.2 Å². The van der Waals surface area contributed by atoms with Crippen LogP contribution in [0.1, 0.15) is 32.8 Å². The molecule has 2 heterocycles. The molecule has 0 saturated carbocycles. The van der Waals surface area contributed by atoms with Gasteiger partial charge < -0.3 is 14.4 Å². The summed E-state index contributed by atoms with van der Waals surface area (Å²) in [7, 11) is -3.60. The number of carbonyl (C=O) groups is 1. The predicted molar refractivity (Wildman–Crippen MR) is 114 cm³/mol. The minimum atomic E-state index is -3.60. The summed E-state index contributed by atoms with van der Waals surface area (Å²) in [6, 6.07) is 7.81. The van der Waals surface area contributed by atoms with Crippen LogP contribution in [0.2, 0.25) is 0 Å². The zero-order chi connectivity index (χ0) is 22.6. The van der Waals surface area contributed by atoms with E-state index in [0.717, 1.165) is 6.54 Å². The third-order valence-electron chi connectivity index (χ3n) is 5.05. The molecule has 1 aromatic rings. The fourth-order valence-electron chi connectivity index (χ4n) is 3.74. The van der Waals surface area contributed by atoms with Gasteiger partial charge in [0.05, 0.1) is 41.8 Å². The molecule has 2 atom stereocenters. The van der Waals surface area contributed by atoms with Gasteiger partial charge in [-0.25, -0.2) is 17.9 Å². The second-order valence-corrected chi connectivity index (χ2v) is 10.7. The van der Waals surface area contributed by atoms with Crippen molar-refractivity contribution in [2.24, 2.45) is 0 Å². The lowest BCUT2D eigenvalue weighted by atomic mass is 10.1. The van der Waals surface area contributed by atoms with Crippen LogP contribution in [0.3, 0.4) is 0 Å². The highest BCUT2D eigenvalue weighted by atomic mass is 32.2. The molecule has 0 aromatic heterocycles. The van der Waals surface area contributed by atoms with Crippen molar-refractivity contribution < 1.29 is 22.7 Å². The summed E-state index contributed by atoms with van der Waals surface area (Å²) in [6.45, 7) is 8.98. The van der Waals surface area contributed by atoms with Crippen LogP contribution in [0.5, 0.6) is 0 Å². The van der Waals surface area contributed by atoms with Gasteiger partial charge in [0, 0.05) is 19.6 Å². The van der Waals surface area contributed by atoms with Gasteiger partial charge in [-0.1, -0.05) is 0 Å². The lowest BCUT2D eigenvalue weighted by Gasteiger charge is -2.45. The number of nitrogens with zero attached hydrogens (tertiary/aromatic N) is 3. The van der Waals surface area contributed by atoms with Gasteiger partial charge in [-0.3, -0.25) is 4.90 Å². The third-order valence-corrected chi connectivity index (χ3v) is 6.52. The molecule has 31 heavy (non-hydrogen) atoms. The Labute approximate surface area is 184 Å². The van der Waals surface area contributed by atoms with E-state index < -0.39 is 15.6 Å². The molecule has 2 saturated heterocycles. The van der Waals surface area contributed by atoms with Gasteiger partial charge in [0.1, 0.15) is 5.60 Å². The van der Waals surface area contributed by atoms with Crippen molar-refractivity contribution >= 4 is 16.1 Å². The molecule has 2 aliphatic heterocycles. The Balaban J connectivity index is 1.43. The Kier molecular flexibility index (Phi) is 7.21. The van der Waals surface area contributed by atoms with Gasteiger partial charge in [-0.2, -0.15) is 5.26 Å². The summed E-state index contributed by atoms with van der Waals surface area (Å²) in [6.07, 6.45) is 0.201. The molecule has 2 fully saturated rings. The van der Waals surface area contributed by atoms with Gasteiger partial charge in [-0.15, -0.1) is 0 Å². The molecule has 1 N–H and O–H groups in total. The van der Waals surface area contributed by atoms with E-state index >= 15 is 0 Å². The first kappa shape index (κ1) is 23.5. The predicted octanol–water partition coefficient (Wildman–Crippen LogP) is 1.55. The molecule has 10 heteroatoms. The first-order chi connectivity index (χ1) is 14.6. The van der Waals surface area contributed by atoms with Crippen molar-refractivity contribution in [1.29, 1.82) is 5.26 Å². The maximum atomic E-state index is 12.4. The number of carbonyl (C=O) groups excluding carboxylic acids is 1. The number of hydrogen-bond acceptors (Lipinski definition) is 7. The van der Waals surface area contributed by atoms with E-state index in [2.05, 4.69) is 9.62 Å². The molecular weight excluding hydrogens is 420 g/mol. The van der Waals surface area contributed by atoms with E-state index in [1.165, 1.54) is 24.3 Å². The molecule has 1 aromatic carbocycles. The molecule has 0 radical (unpaired) electrons. The fourth-order valence-corrected chi connectivity index (χ4v) is 4.81. The quantitative estimate of drug-likeness (QED) is 0.655. The summed E-state index contributed by atoms with van der Waals surface area (Å²) in [5.74, 6) is 0. The lowest BCUT2D eigenvalue weighted by molar-refractivity contribution is -0.136. The highest BCUT2D eigenvalue weighted by Gasteiger charge is 2.37. The SMILES string of the molecule is CC(C)(C)OC(=O)N1CC2CN(CCCNS(=O)(=O)c3ccc(C#N)cc3)CC(C1)O2. The molecule has 2 aliphatic rings. The summed E-state index contributed by atoms with van der Waals surface area (Å²) in [4.78, 5) is 16.5. The lowest BCUT2D eigenvalue weighted by Crippen LogP contribution is -2.61. The Morgan fingerprint density at radius 2 is 1.81 bits per heavy atom. The number of fused-ring (bicyclic) bond motifs is 2. The van der Waals surface area contributed by atoms with Gasteiger partial charge >= 0.3 is 6.09 Å². The van der Waals surface area contributed by atoms with Crippen LogP contribution in [0, 0.1) is 11.3 Å². The van der Waals surface area contributed by atoms with Crippen molar-refractivity contribution in [2.75, 3.05) is 39.3 Å².